The molecular weight excluding hydrogens is 248 g/mol. The molecule has 2 aromatic carbocycles. The Bertz CT molecular complexity index is 636. The first kappa shape index (κ1) is 12.9. The standard InChI is InChI=1S/C17H18N2O/c18-17(20)14-6-3-4-12(8-14)10-19-11-15-9-13-5-1-2-7-16(13)15/h1-8,15,19H,9-11H2,(H2,18,20). The van der Waals surface area contributed by atoms with E-state index in [1.54, 1.807) is 6.07 Å². The highest BCUT2D eigenvalue weighted by Gasteiger charge is 2.24. The Hall–Kier alpha value is -2.13. The van der Waals surface area contributed by atoms with Crippen molar-refractivity contribution in [2.75, 3.05) is 6.54 Å². The van der Waals surface area contributed by atoms with E-state index in [1.807, 2.05) is 18.2 Å². The summed E-state index contributed by atoms with van der Waals surface area (Å²) in [5, 5.41) is 3.46. The molecule has 102 valence electrons. The fourth-order valence-corrected chi connectivity index (χ4v) is 2.77. The van der Waals surface area contributed by atoms with E-state index in [0.29, 0.717) is 11.5 Å². The van der Waals surface area contributed by atoms with Crippen LogP contribution in [0.15, 0.2) is 48.5 Å². The number of hydrogen-bond donors (Lipinski definition) is 2. The predicted molar refractivity (Wildman–Crippen MR) is 79.6 cm³/mol. The largest absolute Gasteiger partial charge is 0.366 e. The van der Waals surface area contributed by atoms with Crippen LogP contribution >= 0.6 is 0 Å². The topological polar surface area (TPSA) is 55.1 Å². The quantitative estimate of drug-likeness (QED) is 0.872. The number of carbonyl (C=O) groups is 1. The number of benzene rings is 2. The van der Waals surface area contributed by atoms with Crippen LogP contribution < -0.4 is 11.1 Å². The van der Waals surface area contributed by atoms with E-state index >= 15 is 0 Å². The van der Waals surface area contributed by atoms with E-state index in [0.717, 1.165) is 25.1 Å². The molecule has 0 bridgehead atoms. The summed E-state index contributed by atoms with van der Waals surface area (Å²) in [6.07, 6.45) is 1.16. The third kappa shape index (κ3) is 2.58. The van der Waals surface area contributed by atoms with Gasteiger partial charge in [0.15, 0.2) is 0 Å². The van der Waals surface area contributed by atoms with Crippen LogP contribution in [-0.4, -0.2) is 12.5 Å². The molecule has 0 aromatic heterocycles. The molecule has 0 saturated heterocycles. The minimum absolute atomic E-state index is 0.375. The Labute approximate surface area is 118 Å². The van der Waals surface area contributed by atoms with Crippen LogP contribution in [0.3, 0.4) is 0 Å². The highest BCUT2D eigenvalue weighted by molar-refractivity contribution is 5.92. The van der Waals surface area contributed by atoms with Crippen molar-refractivity contribution in [3.05, 3.63) is 70.8 Å². The van der Waals surface area contributed by atoms with Crippen LogP contribution in [0.2, 0.25) is 0 Å². The summed E-state index contributed by atoms with van der Waals surface area (Å²) in [6, 6.07) is 16.1. The number of carbonyl (C=O) groups excluding carboxylic acids is 1. The first-order valence-corrected chi connectivity index (χ1v) is 6.91. The average molecular weight is 266 g/mol. The van der Waals surface area contributed by atoms with Gasteiger partial charge in [-0.05, 0) is 35.2 Å². The number of rotatable bonds is 5. The van der Waals surface area contributed by atoms with Crippen LogP contribution in [0.25, 0.3) is 0 Å². The van der Waals surface area contributed by atoms with Crippen molar-refractivity contribution in [1.29, 1.82) is 0 Å². The van der Waals surface area contributed by atoms with Gasteiger partial charge in [0.05, 0.1) is 0 Å². The van der Waals surface area contributed by atoms with E-state index in [1.165, 1.54) is 11.1 Å². The molecule has 0 spiro atoms. The van der Waals surface area contributed by atoms with Crippen LogP contribution in [0.5, 0.6) is 0 Å². The zero-order valence-electron chi connectivity index (χ0n) is 11.3. The van der Waals surface area contributed by atoms with Crippen LogP contribution in [0.1, 0.15) is 33.0 Å². The molecule has 1 aliphatic rings. The van der Waals surface area contributed by atoms with Crippen molar-refractivity contribution in [2.45, 2.75) is 18.9 Å². The van der Waals surface area contributed by atoms with Crippen LogP contribution in [-0.2, 0) is 13.0 Å². The van der Waals surface area contributed by atoms with Crippen molar-refractivity contribution in [3.63, 3.8) is 0 Å². The van der Waals surface area contributed by atoms with Gasteiger partial charge < -0.3 is 11.1 Å². The molecule has 3 nitrogen and oxygen atoms in total. The zero-order valence-corrected chi connectivity index (χ0v) is 11.3. The highest BCUT2D eigenvalue weighted by Crippen LogP contribution is 2.33. The zero-order chi connectivity index (χ0) is 13.9. The maximum absolute atomic E-state index is 11.1. The van der Waals surface area contributed by atoms with Gasteiger partial charge in [0.1, 0.15) is 0 Å². The molecular formula is C17H18N2O. The van der Waals surface area contributed by atoms with Gasteiger partial charge in [-0.1, -0.05) is 36.4 Å². The molecule has 0 fully saturated rings. The molecule has 3 N–H and O–H groups in total. The van der Waals surface area contributed by atoms with E-state index in [9.17, 15) is 4.79 Å². The Morgan fingerprint density at radius 2 is 2.05 bits per heavy atom. The maximum atomic E-state index is 11.1. The highest BCUT2D eigenvalue weighted by atomic mass is 16.1. The van der Waals surface area contributed by atoms with Gasteiger partial charge in [-0.15, -0.1) is 0 Å². The molecule has 1 amide bonds. The Kier molecular flexibility index (Phi) is 3.52. The minimum atomic E-state index is -0.375. The van der Waals surface area contributed by atoms with E-state index in [4.69, 9.17) is 5.73 Å². The summed E-state index contributed by atoms with van der Waals surface area (Å²) < 4.78 is 0. The molecule has 1 unspecified atom stereocenters. The SMILES string of the molecule is NC(=O)c1cccc(CNCC2Cc3ccccc32)c1. The summed E-state index contributed by atoms with van der Waals surface area (Å²) in [7, 11) is 0. The lowest BCUT2D eigenvalue weighted by atomic mass is 9.77. The van der Waals surface area contributed by atoms with E-state index < -0.39 is 0 Å². The monoisotopic (exact) mass is 266 g/mol. The van der Waals surface area contributed by atoms with Crippen molar-refractivity contribution in [1.82, 2.24) is 5.32 Å². The summed E-state index contributed by atoms with van der Waals surface area (Å²) in [4.78, 5) is 11.1. The summed E-state index contributed by atoms with van der Waals surface area (Å²) in [5.74, 6) is 0.241. The number of nitrogens with two attached hydrogens (primary N) is 1. The summed E-state index contributed by atoms with van der Waals surface area (Å²) in [5.41, 5.74) is 9.87. The van der Waals surface area contributed by atoms with Crippen molar-refractivity contribution >= 4 is 5.91 Å². The summed E-state index contributed by atoms with van der Waals surface area (Å²) in [6.45, 7) is 1.73. The molecule has 0 saturated carbocycles. The average Bonchev–Trinajstić information content (AvgIpc) is 2.44. The Morgan fingerprint density at radius 1 is 1.20 bits per heavy atom. The molecule has 2 aromatic rings. The molecule has 3 rings (SSSR count). The van der Waals surface area contributed by atoms with Crippen molar-refractivity contribution in [3.8, 4) is 0 Å². The molecule has 0 radical (unpaired) electrons. The van der Waals surface area contributed by atoms with Gasteiger partial charge in [-0.2, -0.15) is 0 Å². The number of amides is 1. The van der Waals surface area contributed by atoms with Gasteiger partial charge in [0.25, 0.3) is 0 Å². The van der Waals surface area contributed by atoms with E-state index in [2.05, 4.69) is 29.6 Å². The first-order chi connectivity index (χ1) is 9.74. The fraction of sp³-hybridized carbons (Fsp3) is 0.235. The molecule has 1 aliphatic carbocycles. The van der Waals surface area contributed by atoms with Crippen LogP contribution in [0.4, 0.5) is 0 Å². The minimum Gasteiger partial charge on any atom is -0.366 e. The number of fused-ring (bicyclic) bond motifs is 1. The smallest absolute Gasteiger partial charge is 0.248 e. The van der Waals surface area contributed by atoms with Crippen LogP contribution in [0, 0.1) is 0 Å². The van der Waals surface area contributed by atoms with Crippen molar-refractivity contribution < 1.29 is 4.79 Å². The summed E-state index contributed by atoms with van der Waals surface area (Å²) >= 11 is 0. The molecule has 0 heterocycles. The Morgan fingerprint density at radius 3 is 2.85 bits per heavy atom. The van der Waals surface area contributed by atoms with Gasteiger partial charge in [-0.3, -0.25) is 4.79 Å². The molecule has 1 atom stereocenters. The second-order valence-electron chi connectivity index (χ2n) is 5.30. The van der Waals surface area contributed by atoms with Gasteiger partial charge in [0, 0.05) is 24.6 Å². The number of hydrogen-bond acceptors (Lipinski definition) is 2. The van der Waals surface area contributed by atoms with E-state index in [-0.39, 0.29) is 5.91 Å². The molecule has 20 heavy (non-hydrogen) atoms. The predicted octanol–water partition coefficient (Wildman–Crippen LogP) is 2.21. The normalized spacial score (nSPS) is 16.3. The lowest BCUT2D eigenvalue weighted by Gasteiger charge is -2.30. The lowest BCUT2D eigenvalue weighted by Crippen LogP contribution is -2.28. The number of nitrogens with one attached hydrogen (secondary N) is 1. The lowest BCUT2D eigenvalue weighted by molar-refractivity contribution is 0.1000. The second kappa shape index (κ2) is 5.47. The Balaban J connectivity index is 1.54. The van der Waals surface area contributed by atoms with Crippen molar-refractivity contribution in [2.24, 2.45) is 5.73 Å². The molecule has 3 heteroatoms. The van der Waals surface area contributed by atoms with Gasteiger partial charge in [-0.25, -0.2) is 0 Å². The van der Waals surface area contributed by atoms with Gasteiger partial charge in [0.2, 0.25) is 5.91 Å². The van der Waals surface area contributed by atoms with Gasteiger partial charge >= 0.3 is 0 Å². The molecule has 0 aliphatic heterocycles. The maximum Gasteiger partial charge on any atom is 0.248 e. The first-order valence-electron chi connectivity index (χ1n) is 6.91. The second-order valence-corrected chi connectivity index (χ2v) is 5.30. The third-order valence-corrected chi connectivity index (χ3v) is 3.89. The number of primary amides is 1. The third-order valence-electron chi connectivity index (χ3n) is 3.89. The fourth-order valence-electron chi connectivity index (χ4n) is 2.77.